The summed E-state index contributed by atoms with van der Waals surface area (Å²) in [5.74, 6) is 0. The molecule has 0 aliphatic heterocycles. The van der Waals surface area contributed by atoms with Gasteiger partial charge in [0.1, 0.15) is 0 Å². The van der Waals surface area contributed by atoms with Gasteiger partial charge in [0.05, 0.1) is 16.3 Å². The summed E-state index contributed by atoms with van der Waals surface area (Å²) in [6.45, 7) is 0. The third-order valence-corrected chi connectivity index (χ3v) is 3.73. The van der Waals surface area contributed by atoms with Gasteiger partial charge in [-0.05, 0) is 37.5 Å². The largest absolute Gasteiger partial charge is 0.397 e. The van der Waals surface area contributed by atoms with Gasteiger partial charge in [0.2, 0.25) is 10.0 Å². The molecule has 5 N–H and O–H groups in total. The minimum atomic E-state index is -3.66. The van der Waals surface area contributed by atoms with Gasteiger partial charge in [-0.2, -0.15) is 0 Å². The molecular weight excluding hydrogens is 226 g/mol. The highest BCUT2D eigenvalue weighted by atomic mass is 32.2. The molecule has 5 nitrogen and oxygen atoms in total. The summed E-state index contributed by atoms with van der Waals surface area (Å²) in [6.07, 6.45) is 3.39. The molecular formula is C10H15N3O2S. The summed E-state index contributed by atoms with van der Waals surface area (Å²) in [4.78, 5) is 0.0866. The fourth-order valence-electron chi connectivity index (χ4n) is 1.61. The van der Waals surface area contributed by atoms with E-state index in [-0.39, 0.29) is 4.90 Å². The van der Waals surface area contributed by atoms with Crippen molar-refractivity contribution in [2.24, 2.45) is 5.14 Å². The molecule has 0 radical (unpaired) electrons. The molecule has 16 heavy (non-hydrogen) atoms. The molecule has 1 aromatic rings. The van der Waals surface area contributed by atoms with Crippen molar-refractivity contribution in [1.29, 1.82) is 0 Å². The Hall–Kier alpha value is -1.27. The maximum Gasteiger partial charge on any atom is 0.238 e. The van der Waals surface area contributed by atoms with Gasteiger partial charge in [0, 0.05) is 6.04 Å². The third kappa shape index (κ3) is 2.28. The van der Waals surface area contributed by atoms with Crippen LogP contribution in [-0.2, 0) is 10.0 Å². The third-order valence-electron chi connectivity index (χ3n) is 2.82. The normalized spacial score (nSPS) is 16.8. The van der Waals surface area contributed by atoms with Crippen LogP contribution < -0.4 is 16.2 Å². The summed E-state index contributed by atoms with van der Waals surface area (Å²) in [6, 6.07) is 4.86. The quantitative estimate of drug-likeness (QED) is 0.684. The van der Waals surface area contributed by atoms with Crippen molar-refractivity contribution in [2.75, 3.05) is 11.1 Å². The number of primary sulfonamides is 1. The van der Waals surface area contributed by atoms with Gasteiger partial charge in [-0.3, -0.25) is 0 Å². The number of hydrogen-bond donors (Lipinski definition) is 3. The zero-order valence-electron chi connectivity index (χ0n) is 8.81. The number of rotatable bonds is 3. The molecule has 0 bridgehead atoms. The van der Waals surface area contributed by atoms with E-state index in [0.29, 0.717) is 17.4 Å². The Kier molecular flexibility index (Phi) is 2.77. The molecule has 0 saturated heterocycles. The topological polar surface area (TPSA) is 98.2 Å². The zero-order valence-corrected chi connectivity index (χ0v) is 9.63. The van der Waals surface area contributed by atoms with Crippen LogP contribution in [0.3, 0.4) is 0 Å². The Morgan fingerprint density at radius 1 is 1.31 bits per heavy atom. The van der Waals surface area contributed by atoms with Gasteiger partial charge in [-0.15, -0.1) is 0 Å². The van der Waals surface area contributed by atoms with Crippen LogP contribution in [0.25, 0.3) is 0 Å². The highest BCUT2D eigenvalue weighted by Gasteiger charge is 2.18. The maximum atomic E-state index is 11.2. The molecule has 2 rings (SSSR count). The van der Waals surface area contributed by atoms with E-state index in [9.17, 15) is 8.42 Å². The Morgan fingerprint density at radius 3 is 2.50 bits per heavy atom. The maximum absolute atomic E-state index is 11.2. The highest BCUT2D eigenvalue weighted by molar-refractivity contribution is 7.89. The van der Waals surface area contributed by atoms with E-state index in [2.05, 4.69) is 5.32 Å². The second-order valence-corrected chi connectivity index (χ2v) is 5.63. The first-order chi connectivity index (χ1) is 7.47. The number of benzene rings is 1. The Morgan fingerprint density at radius 2 is 2.00 bits per heavy atom. The Balaban J connectivity index is 2.28. The second kappa shape index (κ2) is 3.95. The monoisotopic (exact) mass is 241 g/mol. The smallest absolute Gasteiger partial charge is 0.238 e. The summed E-state index contributed by atoms with van der Waals surface area (Å²) < 4.78 is 22.3. The summed E-state index contributed by atoms with van der Waals surface area (Å²) in [5, 5.41) is 8.27. The molecule has 1 aliphatic rings. The van der Waals surface area contributed by atoms with E-state index in [1.807, 2.05) is 0 Å². The molecule has 0 atom stereocenters. The van der Waals surface area contributed by atoms with Crippen LogP contribution in [-0.4, -0.2) is 14.5 Å². The lowest BCUT2D eigenvalue weighted by atomic mass is 9.93. The standard InChI is InChI=1S/C10H15N3O2S/c11-9-5-4-8(16(12,14)15)6-10(9)13-7-2-1-3-7/h4-7,13H,1-3,11H2,(H2,12,14,15). The molecule has 1 fully saturated rings. The average molecular weight is 241 g/mol. The number of anilines is 2. The first kappa shape index (κ1) is 11.2. The van der Waals surface area contributed by atoms with Gasteiger partial charge in [0.25, 0.3) is 0 Å². The van der Waals surface area contributed by atoms with Crippen molar-refractivity contribution in [3.63, 3.8) is 0 Å². The van der Waals surface area contributed by atoms with Crippen molar-refractivity contribution in [3.05, 3.63) is 18.2 Å². The number of nitrogens with one attached hydrogen (secondary N) is 1. The average Bonchev–Trinajstić information content (AvgIpc) is 2.11. The van der Waals surface area contributed by atoms with Crippen LogP contribution in [0.15, 0.2) is 23.1 Å². The fraction of sp³-hybridized carbons (Fsp3) is 0.400. The van der Waals surface area contributed by atoms with E-state index in [4.69, 9.17) is 10.9 Å². The van der Waals surface area contributed by atoms with Gasteiger partial charge in [-0.1, -0.05) is 0 Å². The van der Waals surface area contributed by atoms with Gasteiger partial charge < -0.3 is 11.1 Å². The molecule has 88 valence electrons. The van der Waals surface area contributed by atoms with Crippen LogP contribution in [0.5, 0.6) is 0 Å². The molecule has 0 spiro atoms. The Bertz CT molecular complexity index is 495. The minimum absolute atomic E-state index is 0.0866. The van der Waals surface area contributed by atoms with Crippen molar-refractivity contribution in [1.82, 2.24) is 0 Å². The number of sulfonamides is 1. The van der Waals surface area contributed by atoms with E-state index >= 15 is 0 Å². The minimum Gasteiger partial charge on any atom is -0.397 e. The number of hydrogen-bond acceptors (Lipinski definition) is 4. The van der Waals surface area contributed by atoms with Crippen molar-refractivity contribution in [3.8, 4) is 0 Å². The molecule has 1 aromatic carbocycles. The van der Waals surface area contributed by atoms with Crippen LogP contribution >= 0.6 is 0 Å². The molecule has 0 aromatic heterocycles. The predicted molar refractivity (Wildman–Crippen MR) is 63.5 cm³/mol. The fourth-order valence-corrected chi connectivity index (χ4v) is 2.15. The van der Waals surface area contributed by atoms with Crippen LogP contribution in [0.2, 0.25) is 0 Å². The van der Waals surface area contributed by atoms with Crippen molar-refractivity contribution >= 4 is 21.4 Å². The molecule has 0 heterocycles. The molecule has 1 aliphatic carbocycles. The summed E-state index contributed by atoms with van der Waals surface area (Å²) >= 11 is 0. The van der Waals surface area contributed by atoms with Crippen LogP contribution in [0, 0.1) is 0 Å². The van der Waals surface area contributed by atoms with Crippen molar-refractivity contribution in [2.45, 2.75) is 30.2 Å². The number of nitrogen functional groups attached to an aromatic ring is 1. The lowest BCUT2D eigenvalue weighted by Crippen LogP contribution is -2.27. The van der Waals surface area contributed by atoms with Gasteiger partial charge >= 0.3 is 0 Å². The molecule has 6 heteroatoms. The lowest BCUT2D eigenvalue weighted by Gasteiger charge is -2.28. The Labute approximate surface area is 94.9 Å². The van der Waals surface area contributed by atoms with Crippen LogP contribution in [0.1, 0.15) is 19.3 Å². The second-order valence-electron chi connectivity index (χ2n) is 4.07. The first-order valence-corrected chi connectivity index (χ1v) is 6.70. The van der Waals surface area contributed by atoms with E-state index < -0.39 is 10.0 Å². The first-order valence-electron chi connectivity index (χ1n) is 5.16. The van der Waals surface area contributed by atoms with Gasteiger partial charge in [-0.25, -0.2) is 13.6 Å². The highest BCUT2D eigenvalue weighted by Crippen LogP contribution is 2.28. The summed E-state index contributed by atoms with van der Waals surface area (Å²) in [5.41, 5.74) is 6.95. The molecule has 1 saturated carbocycles. The summed E-state index contributed by atoms with van der Waals surface area (Å²) in [7, 11) is -3.66. The SMILES string of the molecule is Nc1ccc(S(N)(=O)=O)cc1NC1CCC1. The zero-order chi connectivity index (χ0) is 11.8. The van der Waals surface area contributed by atoms with E-state index in [1.165, 1.54) is 18.6 Å². The predicted octanol–water partition coefficient (Wildman–Crippen LogP) is 0.881. The van der Waals surface area contributed by atoms with E-state index in [0.717, 1.165) is 12.8 Å². The van der Waals surface area contributed by atoms with Crippen LogP contribution in [0.4, 0.5) is 11.4 Å². The molecule has 0 amide bonds. The van der Waals surface area contributed by atoms with E-state index in [1.54, 1.807) is 6.07 Å². The lowest BCUT2D eigenvalue weighted by molar-refractivity contribution is 0.445. The van der Waals surface area contributed by atoms with Crippen molar-refractivity contribution < 1.29 is 8.42 Å². The molecule has 0 unspecified atom stereocenters. The number of nitrogens with two attached hydrogens (primary N) is 2. The van der Waals surface area contributed by atoms with Gasteiger partial charge in [0.15, 0.2) is 0 Å².